The van der Waals surface area contributed by atoms with E-state index in [-0.39, 0.29) is 17.0 Å². The Morgan fingerprint density at radius 2 is 1.69 bits per heavy atom. The van der Waals surface area contributed by atoms with Crippen LogP contribution in [0.3, 0.4) is 0 Å². The highest BCUT2D eigenvalue weighted by molar-refractivity contribution is 6.08. The summed E-state index contributed by atoms with van der Waals surface area (Å²) in [6.45, 7) is 0. The predicted molar refractivity (Wildman–Crippen MR) is 105 cm³/mol. The second-order valence-electron chi connectivity index (χ2n) is 6.08. The molecule has 0 aliphatic heterocycles. The number of para-hydroxylation sites is 2. The van der Waals surface area contributed by atoms with Gasteiger partial charge in [-0.3, -0.25) is 14.9 Å². The summed E-state index contributed by atoms with van der Waals surface area (Å²) in [5.41, 5.74) is 1.49. The molecular weight excluding hydrogens is 374 g/mol. The van der Waals surface area contributed by atoms with Crippen LogP contribution in [-0.2, 0) is 0 Å². The maximum Gasteiger partial charge on any atom is 0.433 e. The summed E-state index contributed by atoms with van der Waals surface area (Å²) < 4.78 is 6.77. The maximum atomic E-state index is 13.1. The van der Waals surface area contributed by atoms with Crippen LogP contribution in [0.5, 0.6) is 0 Å². The van der Waals surface area contributed by atoms with Gasteiger partial charge in [0, 0.05) is 6.20 Å². The van der Waals surface area contributed by atoms with Gasteiger partial charge in [0.15, 0.2) is 5.76 Å². The summed E-state index contributed by atoms with van der Waals surface area (Å²) in [5, 5.41) is 16.4. The molecule has 0 atom stereocenters. The molecule has 0 aliphatic carbocycles. The van der Waals surface area contributed by atoms with Crippen LogP contribution < -0.4 is 10.9 Å². The number of amides is 1. The molecule has 4 rings (SSSR count). The molecular formula is C20H15N5O4. The third-order valence-corrected chi connectivity index (χ3v) is 4.22. The first-order valence-electron chi connectivity index (χ1n) is 8.58. The van der Waals surface area contributed by atoms with Crippen LogP contribution in [0.2, 0.25) is 0 Å². The van der Waals surface area contributed by atoms with Gasteiger partial charge >= 0.3 is 5.88 Å². The quantitative estimate of drug-likeness (QED) is 0.241. The zero-order chi connectivity index (χ0) is 20.4. The van der Waals surface area contributed by atoms with Crippen LogP contribution >= 0.6 is 0 Å². The Balaban J connectivity index is 1.81. The standard InChI is InChI=1S/C20H15N5O4/c21-24(15-9-5-2-6-10-15)20(26)16-13-23(14-7-3-1-4-8-14)22-19(16)17-11-12-18(29-17)25(27)28/h1-13H,21H2. The molecule has 2 heterocycles. The van der Waals surface area contributed by atoms with Crippen LogP contribution in [0.4, 0.5) is 11.6 Å². The van der Waals surface area contributed by atoms with Gasteiger partial charge in [0.25, 0.3) is 5.91 Å². The van der Waals surface area contributed by atoms with Gasteiger partial charge in [0.05, 0.1) is 23.0 Å². The van der Waals surface area contributed by atoms with E-state index in [2.05, 4.69) is 5.10 Å². The minimum Gasteiger partial charge on any atom is -0.399 e. The van der Waals surface area contributed by atoms with Gasteiger partial charge < -0.3 is 4.42 Å². The van der Waals surface area contributed by atoms with Crippen molar-refractivity contribution >= 4 is 17.5 Å². The summed E-state index contributed by atoms with van der Waals surface area (Å²) in [5.74, 6) is 5.14. The Kier molecular flexibility index (Phi) is 4.63. The van der Waals surface area contributed by atoms with Crippen molar-refractivity contribution in [3.63, 3.8) is 0 Å². The first-order chi connectivity index (χ1) is 14.0. The van der Waals surface area contributed by atoms with Gasteiger partial charge in [-0.1, -0.05) is 36.4 Å². The van der Waals surface area contributed by atoms with Crippen LogP contribution in [-0.4, -0.2) is 20.6 Å². The fourth-order valence-electron chi connectivity index (χ4n) is 2.81. The summed E-state index contributed by atoms with van der Waals surface area (Å²) in [6.07, 6.45) is 1.52. The summed E-state index contributed by atoms with van der Waals surface area (Å²) in [7, 11) is 0. The zero-order valence-electron chi connectivity index (χ0n) is 15.0. The molecule has 4 aromatic rings. The molecule has 0 radical (unpaired) electrons. The molecule has 2 aromatic carbocycles. The predicted octanol–water partition coefficient (Wildman–Crippen LogP) is 3.56. The first-order valence-corrected chi connectivity index (χ1v) is 8.58. The molecule has 0 bridgehead atoms. The molecule has 2 N–H and O–H groups in total. The topological polar surface area (TPSA) is 120 Å². The number of nitrogens with zero attached hydrogens (tertiary/aromatic N) is 4. The van der Waals surface area contributed by atoms with Crippen molar-refractivity contribution in [3.8, 4) is 17.1 Å². The average molecular weight is 389 g/mol. The Morgan fingerprint density at radius 1 is 1.03 bits per heavy atom. The minimum absolute atomic E-state index is 0.0937. The lowest BCUT2D eigenvalue weighted by atomic mass is 10.2. The molecule has 9 nitrogen and oxygen atoms in total. The van der Waals surface area contributed by atoms with E-state index in [1.54, 1.807) is 24.3 Å². The van der Waals surface area contributed by atoms with Gasteiger partial charge in [0.2, 0.25) is 0 Å². The molecule has 0 fully saturated rings. The number of benzene rings is 2. The molecule has 29 heavy (non-hydrogen) atoms. The van der Waals surface area contributed by atoms with Crippen molar-refractivity contribution in [3.05, 3.63) is 94.7 Å². The summed E-state index contributed by atoms with van der Waals surface area (Å²) in [6, 6.07) is 20.4. The Labute approximate surface area is 164 Å². The SMILES string of the molecule is NN(C(=O)c1cn(-c2ccccc2)nc1-c1ccc([N+](=O)[O-])o1)c1ccccc1. The number of furan rings is 1. The lowest BCUT2D eigenvalue weighted by molar-refractivity contribution is -0.401. The van der Waals surface area contributed by atoms with E-state index in [0.29, 0.717) is 11.4 Å². The number of hydrogen-bond acceptors (Lipinski definition) is 6. The van der Waals surface area contributed by atoms with Crippen LogP contribution in [0.15, 0.2) is 83.4 Å². The van der Waals surface area contributed by atoms with Crippen molar-refractivity contribution in [2.45, 2.75) is 0 Å². The lowest BCUT2D eigenvalue weighted by Crippen LogP contribution is -2.37. The monoisotopic (exact) mass is 389 g/mol. The minimum atomic E-state index is -0.654. The molecule has 2 aromatic heterocycles. The zero-order valence-corrected chi connectivity index (χ0v) is 15.0. The normalized spacial score (nSPS) is 10.7. The number of aromatic nitrogens is 2. The van der Waals surface area contributed by atoms with Crippen LogP contribution in [0.1, 0.15) is 10.4 Å². The fraction of sp³-hybridized carbons (Fsp3) is 0. The molecule has 0 aliphatic rings. The molecule has 0 saturated heterocycles. The third-order valence-electron chi connectivity index (χ3n) is 4.22. The van der Waals surface area contributed by atoms with Crippen LogP contribution in [0, 0.1) is 10.1 Å². The number of anilines is 1. The van der Waals surface area contributed by atoms with Crippen molar-refractivity contribution in [1.82, 2.24) is 9.78 Å². The van der Waals surface area contributed by atoms with E-state index < -0.39 is 16.7 Å². The van der Waals surface area contributed by atoms with E-state index in [4.69, 9.17) is 10.3 Å². The lowest BCUT2D eigenvalue weighted by Gasteiger charge is -2.16. The Bertz CT molecular complexity index is 1170. The Hall–Kier alpha value is -4.24. The molecule has 9 heteroatoms. The highest BCUT2D eigenvalue weighted by Gasteiger charge is 2.26. The second-order valence-corrected chi connectivity index (χ2v) is 6.08. The average Bonchev–Trinajstić information content (AvgIpc) is 3.41. The highest BCUT2D eigenvalue weighted by Crippen LogP contribution is 2.29. The largest absolute Gasteiger partial charge is 0.433 e. The summed E-state index contributed by atoms with van der Waals surface area (Å²) in [4.78, 5) is 23.4. The van der Waals surface area contributed by atoms with E-state index in [1.165, 1.54) is 23.0 Å². The van der Waals surface area contributed by atoms with Crippen molar-refractivity contribution < 1.29 is 14.1 Å². The van der Waals surface area contributed by atoms with E-state index in [0.717, 1.165) is 5.01 Å². The van der Waals surface area contributed by atoms with Gasteiger partial charge in [-0.15, -0.1) is 0 Å². The van der Waals surface area contributed by atoms with Gasteiger partial charge in [-0.2, -0.15) is 5.10 Å². The molecule has 144 valence electrons. The first kappa shape index (κ1) is 18.1. The van der Waals surface area contributed by atoms with Crippen LogP contribution in [0.25, 0.3) is 17.1 Å². The number of hydrogen-bond donors (Lipinski definition) is 1. The molecule has 0 unspecified atom stereocenters. The van der Waals surface area contributed by atoms with E-state index in [1.807, 2.05) is 36.4 Å². The molecule has 1 amide bonds. The van der Waals surface area contributed by atoms with E-state index in [9.17, 15) is 14.9 Å². The number of nitrogens with two attached hydrogens (primary N) is 1. The second kappa shape index (κ2) is 7.41. The molecule has 0 saturated carbocycles. The molecule has 0 spiro atoms. The van der Waals surface area contributed by atoms with Gasteiger partial charge in [0.1, 0.15) is 10.6 Å². The van der Waals surface area contributed by atoms with Crippen molar-refractivity contribution in [2.24, 2.45) is 5.84 Å². The Morgan fingerprint density at radius 3 is 2.31 bits per heavy atom. The highest BCUT2D eigenvalue weighted by atomic mass is 16.6. The number of carbonyl (C=O) groups excluding carboxylic acids is 1. The number of nitro groups is 1. The smallest absolute Gasteiger partial charge is 0.399 e. The fourth-order valence-corrected chi connectivity index (χ4v) is 2.81. The third kappa shape index (κ3) is 3.49. The van der Waals surface area contributed by atoms with E-state index >= 15 is 0 Å². The maximum absolute atomic E-state index is 13.1. The van der Waals surface area contributed by atoms with Crippen molar-refractivity contribution in [1.29, 1.82) is 0 Å². The number of hydrazine groups is 1. The number of rotatable bonds is 5. The van der Waals surface area contributed by atoms with Gasteiger partial charge in [-0.25, -0.2) is 15.5 Å². The van der Waals surface area contributed by atoms with Gasteiger partial charge in [-0.05, 0) is 30.3 Å². The van der Waals surface area contributed by atoms with Crippen molar-refractivity contribution in [2.75, 3.05) is 5.01 Å². The number of carbonyl (C=O) groups is 1. The summed E-state index contributed by atoms with van der Waals surface area (Å²) >= 11 is 0.